The highest BCUT2D eigenvalue weighted by molar-refractivity contribution is 7.13. The van der Waals surface area contributed by atoms with E-state index in [1.165, 1.54) is 11.3 Å². The number of ether oxygens (including phenoxy) is 1. The van der Waals surface area contributed by atoms with E-state index in [-0.39, 0.29) is 11.6 Å². The van der Waals surface area contributed by atoms with Gasteiger partial charge in [0, 0.05) is 18.1 Å². The highest BCUT2D eigenvalue weighted by Crippen LogP contribution is 2.23. The number of hydrogen-bond donors (Lipinski definition) is 1. The number of amides is 1. The number of fused-ring (bicyclic) bond motifs is 1. The summed E-state index contributed by atoms with van der Waals surface area (Å²) in [5.74, 6) is -0.204. The third-order valence-corrected chi connectivity index (χ3v) is 3.84. The molecule has 0 aliphatic carbocycles. The van der Waals surface area contributed by atoms with Crippen molar-refractivity contribution >= 4 is 33.5 Å². The normalized spacial score (nSPS) is 10.9. The molecule has 0 atom stereocenters. The van der Waals surface area contributed by atoms with E-state index in [9.17, 15) is 4.79 Å². The zero-order chi connectivity index (χ0) is 16.4. The van der Waals surface area contributed by atoms with Gasteiger partial charge in [-0.2, -0.15) is 10.1 Å². The van der Waals surface area contributed by atoms with Crippen LogP contribution in [0.1, 0.15) is 30.0 Å². The summed E-state index contributed by atoms with van der Waals surface area (Å²) in [5.41, 5.74) is 2.06. The molecule has 3 aromatic heterocycles. The van der Waals surface area contributed by atoms with E-state index in [1.807, 2.05) is 20.8 Å². The SMILES string of the molecule is CCOc1nc2c(nc1C(=O)Nc1nccs1)c(C)nn2CC. The fourth-order valence-electron chi connectivity index (χ4n) is 2.16. The molecule has 3 aromatic rings. The maximum atomic E-state index is 12.5. The number of carbonyl (C=O) groups excluding carboxylic acids is 1. The molecule has 0 unspecified atom stereocenters. The van der Waals surface area contributed by atoms with Gasteiger partial charge in [0.15, 0.2) is 16.5 Å². The minimum atomic E-state index is -0.401. The Kier molecular flexibility index (Phi) is 4.20. The van der Waals surface area contributed by atoms with Crippen molar-refractivity contribution in [2.24, 2.45) is 0 Å². The second-order valence-corrected chi connectivity index (χ2v) is 5.57. The lowest BCUT2D eigenvalue weighted by molar-refractivity contribution is 0.101. The van der Waals surface area contributed by atoms with Gasteiger partial charge in [-0.3, -0.25) is 10.1 Å². The predicted molar refractivity (Wildman–Crippen MR) is 87.0 cm³/mol. The molecular weight excluding hydrogens is 316 g/mol. The van der Waals surface area contributed by atoms with Crippen molar-refractivity contribution in [3.8, 4) is 5.88 Å². The first-order valence-electron chi connectivity index (χ1n) is 7.22. The highest BCUT2D eigenvalue weighted by Gasteiger charge is 2.21. The minimum Gasteiger partial charge on any atom is -0.476 e. The fraction of sp³-hybridized carbons (Fsp3) is 0.357. The molecular formula is C14H16N6O2S. The lowest BCUT2D eigenvalue weighted by Crippen LogP contribution is -2.17. The van der Waals surface area contributed by atoms with Crippen LogP contribution < -0.4 is 10.1 Å². The second-order valence-electron chi connectivity index (χ2n) is 4.68. The second kappa shape index (κ2) is 6.29. The molecule has 1 amide bonds. The molecule has 8 nitrogen and oxygen atoms in total. The van der Waals surface area contributed by atoms with Gasteiger partial charge in [-0.1, -0.05) is 0 Å². The number of nitrogens with one attached hydrogen (secondary N) is 1. The molecule has 23 heavy (non-hydrogen) atoms. The van der Waals surface area contributed by atoms with E-state index in [0.717, 1.165) is 5.69 Å². The Balaban J connectivity index is 2.08. The van der Waals surface area contributed by atoms with Crippen molar-refractivity contribution in [2.75, 3.05) is 11.9 Å². The summed E-state index contributed by atoms with van der Waals surface area (Å²) in [7, 11) is 0. The number of hydrogen-bond acceptors (Lipinski definition) is 7. The number of aromatic nitrogens is 5. The Morgan fingerprint density at radius 1 is 1.39 bits per heavy atom. The summed E-state index contributed by atoms with van der Waals surface area (Å²) in [6.07, 6.45) is 1.62. The zero-order valence-electron chi connectivity index (χ0n) is 13.0. The lowest BCUT2D eigenvalue weighted by Gasteiger charge is -2.08. The molecule has 0 saturated carbocycles. The first-order chi connectivity index (χ1) is 11.1. The van der Waals surface area contributed by atoms with Gasteiger partial charge in [-0.25, -0.2) is 14.6 Å². The van der Waals surface area contributed by atoms with Crippen LogP contribution in [0.5, 0.6) is 5.88 Å². The van der Waals surface area contributed by atoms with Gasteiger partial charge in [0.05, 0.1) is 12.3 Å². The first-order valence-corrected chi connectivity index (χ1v) is 8.10. The zero-order valence-corrected chi connectivity index (χ0v) is 13.8. The Morgan fingerprint density at radius 2 is 2.22 bits per heavy atom. The van der Waals surface area contributed by atoms with Crippen molar-refractivity contribution in [1.82, 2.24) is 24.7 Å². The van der Waals surface area contributed by atoms with Crippen molar-refractivity contribution in [2.45, 2.75) is 27.3 Å². The number of aryl methyl sites for hydroxylation is 2. The molecule has 0 saturated heterocycles. The Bertz CT molecular complexity index is 843. The van der Waals surface area contributed by atoms with E-state index in [0.29, 0.717) is 29.4 Å². The van der Waals surface area contributed by atoms with E-state index in [2.05, 4.69) is 25.4 Å². The van der Waals surface area contributed by atoms with Crippen LogP contribution >= 0.6 is 11.3 Å². The smallest absolute Gasteiger partial charge is 0.281 e. The third kappa shape index (κ3) is 2.87. The first kappa shape index (κ1) is 15.3. The molecule has 3 heterocycles. The van der Waals surface area contributed by atoms with Gasteiger partial charge in [0.1, 0.15) is 5.52 Å². The van der Waals surface area contributed by atoms with Crippen molar-refractivity contribution in [3.63, 3.8) is 0 Å². The van der Waals surface area contributed by atoms with Crippen molar-refractivity contribution in [3.05, 3.63) is 23.0 Å². The molecule has 0 bridgehead atoms. The van der Waals surface area contributed by atoms with Crippen LogP contribution in [-0.4, -0.2) is 37.2 Å². The summed E-state index contributed by atoms with van der Waals surface area (Å²) in [5, 5.41) is 9.36. The van der Waals surface area contributed by atoms with E-state index in [1.54, 1.807) is 16.3 Å². The van der Waals surface area contributed by atoms with Crippen LogP contribution in [-0.2, 0) is 6.54 Å². The summed E-state index contributed by atoms with van der Waals surface area (Å²) >= 11 is 1.33. The summed E-state index contributed by atoms with van der Waals surface area (Å²) < 4.78 is 7.24. The molecule has 120 valence electrons. The van der Waals surface area contributed by atoms with Crippen molar-refractivity contribution in [1.29, 1.82) is 0 Å². The third-order valence-electron chi connectivity index (χ3n) is 3.15. The van der Waals surface area contributed by atoms with Crippen LogP contribution in [0.15, 0.2) is 11.6 Å². The summed E-state index contributed by atoms with van der Waals surface area (Å²) in [4.78, 5) is 25.4. The maximum Gasteiger partial charge on any atom is 0.281 e. The van der Waals surface area contributed by atoms with Crippen molar-refractivity contribution < 1.29 is 9.53 Å². The lowest BCUT2D eigenvalue weighted by atomic mass is 10.3. The largest absolute Gasteiger partial charge is 0.476 e. The topological polar surface area (TPSA) is 94.8 Å². The molecule has 0 spiro atoms. The van der Waals surface area contributed by atoms with Crippen LogP contribution in [0.2, 0.25) is 0 Å². The molecule has 0 fully saturated rings. The molecule has 0 aliphatic rings. The van der Waals surface area contributed by atoms with Gasteiger partial charge in [0.25, 0.3) is 5.91 Å². The average Bonchev–Trinajstić information content (AvgIpc) is 3.15. The van der Waals surface area contributed by atoms with Crippen LogP contribution in [0, 0.1) is 6.92 Å². The number of thiazole rings is 1. The predicted octanol–water partition coefficient (Wildman–Crippen LogP) is 2.26. The molecule has 0 radical (unpaired) electrons. The van der Waals surface area contributed by atoms with Crippen LogP contribution in [0.3, 0.4) is 0 Å². The quantitative estimate of drug-likeness (QED) is 0.770. The monoisotopic (exact) mass is 332 g/mol. The molecule has 0 aromatic carbocycles. The number of nitrogens with zero attached hydrogens (tertiary/aromatic N) is 5. The van der Waals surface area contributed by atoms with E-state index < -0.39 is 5.91 Å². The maximum absolute atomic E-state index is 12.5. The number of anilines is 1. The Morgan fingerprint density at radius 3 is 2.87 bits per heavy atom. The number of rotatable bonds is 5. The van der Waals surface area contributed by atoms with Crippen LogP contribution in [0.25, 0.3) is 11.2 Å². The molecule has 0 aliphatic heterocycles. The average molecular weight is 332 g/mol. The minimum absolute atomic E-state index is 0.133. The highest BCUT2D eigenvalue weighted by atomic mass is 32.1. The fourth-order valence-corrected chi connectivity index (χ4v) is 2.68. The number of carbonyl (C=O) groups is 1. The Labute approximate surface area is 136 Å². The van der Waals surface area contributed by atoms with Gasteiger partial charge in [-0.05, 0) is 20.8 Å². The standard InChI is InChI=1S/C14H16N6O2S/c1-4-20-11-9(8(3)19-20)16-10(13(17-11)22-5-2)12(21)18-14-15-6-7-23-14/h6-7H,4-5H2,1-3H3,(H,15,18,21). The summed E-state index contributed by atoms with van der Waals surface area (Å²) in [6, 6.07) is 0. The molecule has 3 rings (SSSR count). The van der Waals surface area contributed by atoms with Gasteiger partial charge in [0.2, 0.25) is 5.88 Å². The van der Waals surface area contributed by atoms with E-state index >= 15 is 0 Å². The van der Waals surface area contributed by atoms with E-state index in [4.69, 9.17) is 4.74 Å². The molecule has 9 heteroatoms. The summed E-state index contributed by atoms with van der Waals surface area (Å²) in [6.45, 7) is 6.69. The Hall–Kier alpha value is -2.55. The molecule has 1 N–H and O–H groups in total. The van der Waals surface area contributed by atoms with Crippen LogP contribution in [0.4, 0.5) is 5.13 Å². The van der Waals surface area contributed by atoms with Gasteiger partial charge >= 0.3 is 0 Å². The van der Waals surface area contributed by atoms with Gasteiger partial charge in [-0.15, -0.1) is 11.3 Å². The van der Waals surface area contributed by atoms with Gasteiger partial charge < -0.3 is 4.74 Å².